The van der Waals surface area contributed by atoms with Gasteiger partial charge in [0.15, 0.2) is 9.84 Å². The summed E-state index contributed by atoms with van der Waals surface area (Å²) in [6, 6.07) is 5.26. The molecule has 1 atom stereocenters. The van der Waals surface area contributed by atoms with E-state index in [1.807, 2.05) is 0 Å². The van der Waals surface area contributed by atoms with Crippen LogP contribution in [0.3, 0.4) is 0 Å². The molecule has 17 heavy (non-hydrogen) atoms. The van der Waals surface area contributed by atoms with Crippen molar-refractivity contribution in [1.82, 2.24) is 0 Å². The van der Waals surface area contributed by atoms with Crippen LogP contribution in [0.2, 0.25) is 0 Å². The Balaban J connectivity index is 2.59. The first kappa shape index (κ1) is 14.3. The number of benzene rings is 1. The summed E-state index contributed by atoms with van der Waals surface area (Å²) in [5.74, 6) is -0.309. The number of hydrogen-bond donors (Lipinski definition) is 0. The normalized spacial score (nSPS) is 13.5. The molecule has 0 bridgehead atoms. The van der Waals surface area contributed by atoms with Crippen molar-refractivity contribution >= 4 is 20.6 Å². The first-order valence-electron chi connectivity index (χ1n) is 5.29. The fourth-order valence-electron chi connectivity index (χ4n) is 1.32. The molecular formula is C11H15FO3S2. The molecule has 0 fully saturated rings. The van der Waals surface area contributed by atoms with Gasteiger partial charge in [-0.25, -0.2) is 12.8 Å². The van der Waals surface area contributed by atoms with Crippen molar-refractivity contribution in [2.45, 2.75) is 18.2 Å². The maximum absolute atomic E-state index is 12.6. The van der Waals surface area contributed by atoms with Crippen molar-refractivity contribution < 1.29 is 17.0 Å². The Morgan fingerprint density at radius 3 is 2.29 bits per heavy atom. The van der Waals surface area contributed by atoms with Gasteiger partial charge in [0.2, 0.25) is 0 Å². The Hall–Kier alpha value is -0.750. The first-order valence-corrected chi connectivity index (χ1v) is 8.43. The number of halogens is 1. The predicted octanol–water partition coefficient (Wildman–Crippen LogP) is 1.76. The smallest absolute Gasteiger partial charge is 0.151 e. The fourth-order valence-corrected chi connectivity index (χ4v) is 4.44. The molecule has 0 heterocycles. The fraction of sp³-hybridized carbons (Fsp3) is 0.455. The highest BCUT2D eigenvalue weighted by molar-refractivity contribution is 7.93. The summed E-state index contributed by atoms with van der Waals surface area (Å²) >= 11 is 0. The van der Waals surface area contributed by atoms with E-state index in [2.05, 4.69) is 0 Å². The van der Waals surface area contributed by atoms with Gasteiger partial charge < -0.3 is 0 Å². The molecule has 0 amide bonds. The minimum absolute atomic E-state index is 0.0635. The highest BCUT2D eigenvalue weighted by Crippen LogP contribution is 2.09. The Kier molecular flexibility index (Phi) is 5.27. The van der Waals surface area contributed by atoms with Crippen molar-refractivity contribution in [2.75, 3.05) is 17.3 Å². The van der Waals surface area contributed by atoms with Crippen molar-refractivity contribution in [3.8, 4) is 0 Å². The molecule has 1 rings (SSSR count). The van der Waals surface area contributed by atoms with Gasteiger partial charge in [0, 0.05) is 16.4 Å². The third kappa shape index (κ3) is 4.95. The summed E-state index contributed by atoms with van der Waals surface area (Å²) in [5, 5.41) is 0. The molecule has 0 aliphatic heterocycles. The summed E-state index contributed by atoms with van der Waals surface area (Å²) < 4.78 is 47.2. The Morgan fingerprint density at radius 1 is 1.18 bits per heavy atom. The summed E-state index contributed by atoms with van der Waals surface area (Å²) in [5.41, 5.74) is 0. The molecule has 0 aliphatic carbocycles. The molecule has 0 aromatic heterocycles. The zero-order valence-corrected chi connectivity index (χ0v) is 11.2. The minimum Gasteiger partial charge on any atom is -0.254 e. The standard InChI is InChI=1S/C11H15FO3S2/c1-2-8-17(14,15)9-7-16(13)11-5-3-10(12)4-6-11/h3-6H,2,7-9H2,1H3. The summed E-state index contributed by atoms with van der Waals surface area (Å²) in [7, 11) is -4.50. The van der Waals surface area contributed by atoms with E-state index in [9.17, 15) is 17.0 Å². The SMILES string of the molecule is CCCS(=O)(=O)CCS(=O)c1ccc(F)cc1. The van der Waals surface area contributed by atoms with Gasteiger partial charge in [0.1, 0.15) is 5.82 Å². The molecule has 0 aliphatic rings. The summed E-state index contributed by atoms with van der Waals surface area (Å²) in [6.45, 7) is 1.79. The zero-order valence-electron chi connectivity index (χ0n) is 9.56. The molecule has 0 saturated heterocycles. The lowest BCUT2D eigenvalue weighted by Gasteiger charge is -2.03. The van der Waals surface area contributed by atoms with Crippen LogP contribution in [0.5, 0.6) is 0 Å². The second-order valence-corrected chi connectivity index (χ2v) is 7.53. The molecule has 6 heteroatoms. The van der Waals surface area contributed by atoms with Gasteiger partial charge in [-0.3, -0.25) is 4.21 Å². The van der Waals surface area contributed by atoms with Crippen molar-refractivity contribution in [3.63, 3.8) is 0 Å². The van der Waals surface area contributed by atoms with E-state index in [4.69, 9.17) is 0 Å². The summed E-state index contributed by atoms with van der Waals surface area (Å²) in [4.78, 5) is 0.457. The topological polar surface area (TPSA) is 51.2 Å². The Bertz CT molecular complexity index is 480. The Morgan fingerprint density at radius 2 is 1.76 bits per heavy atom. The Labute approximate surface area is 103 Å². The monoisotopic (exact) mass is 278 g/mol. The molecule has 0 radical (unpaired) electrons. The molecule has 0 spiro atoms. The molecule has 96 valence electrons. The molecule has 1 aromatic rings. The van der Waals surface area contributed by atoms with Crippen molar-refractivity contribution in [1.29, 1.82) is 0 Å². The van der Waals surface area contributed by atoms with Gasteiger partial charge in [-0.05, 0) is 30.7 Å². The van der Waals surface area contributed by atoms with Crippen LogP contribution in [0.25, 0.3) is 0 Å². The zero-order chi connectivity index (χ0) is 12.9. The molecule has 1 aromatic carbocycles. The number of sulfone groups is 1. The number of hydrogen-bond acceptors (Lipinski definition) is 3. The van der Waals surface area contributed by atoms with E-state index < -0.39 is 26.5 Å². The predicted molar refractivity (Wildman–Crippen MR) is 66.6 cm³/mol. The summed E-state index contributed by atoms with van der Waals surface area (Å²) in [6.07, 6.45) is 0.561. The van der Waals surface area contributed by atoms with Crippen LogP contribution >= 0.6 is 0 Å². The average Bonchev–Trinajstić information content (AvgIpc) is 2.27. The number of rotatable bonds is 6. The maximum atomic E-state index is 12.6. The van der Waals surface area contributed by atoms with E-state index in [0.717, 1.165) is 0 Å². The second-order valence-electron chi connectivity index (χ2n) is 3.66. The van der Waals surface area contributed by atoms with E-state index in [0.29, 0.717) is 11.3 Å². The third-order valence-electron chi connectivity index (χ3n) is 2.17. The second kappa shape index (κ2) is 6.26. The van der Waals surface area contributed by atoms with Gasteiger partial charge in [0.25, 0.3) is 0 Å². The highest BCUT2D eigenvalue weighted by Gasteiger charge is 2.12. The van der Waals surface area contributed by atoms with Gasteiger partial charge in [0.05, 0.1) is 16.6 Å². The van der Waals surface area contributed by atoms with Crippen molar-refractivity contribution in [3.05, 3.63) is 30.1 Å². The molecular weight excluding hydrogens is 263 g/mol. The quantitative estimate of drug-likeness (QED) is 0.796. The third-order valence-corrected chi connectivity index (χ3v) is 5.66. The van der Waals surface area contributed by atoms with Gasteiger partial charge in [-0.15, -0.1) is 0 Å². The van der Waals surface area contributed by atoms with Crippen LogP contribution < -0.4 is 0 Å². The van der Waals surface area contributed by atoms with E-state index >= 15 is 0 Å². The van der Waals surface area contributed by atoms with Gasteiger partial charge >= 0.3 is 0 Å². The van der Waals surface area contributed by atoms with Crippen LogP contribution in [-0.4, -0.2) is 29.9 Å². The molecule has 1 unspecified atom stereocenters. The van der Waals surface area contributed by atoms with Crippen LogP contribution in [0.1, 0.15) is 13.3 Å². The average molecular weight is 278 g/mol. The molecule has 3 nitrogen and oxygen atoms in total. The van der Waals surface area contributed by atoms with Crippen molar-refractivity contribution in [2.24, 2.45) is 0 Å². The molecule has 0 N–H and O–H groups in total. The van der Waals surface area contributed by atoms with Gasteiger partial charge in [-0.2, -0.15) is 0 Å². The first-order chi connectivity index (χ1) is 7.94. The van der Waals surface area contributed by atoms with Gasteiger partial charge in [-0.1, -0.05) is 6.92 Å². The minimum atomic E-state index is -3.11. The van der Waals surface area contributed by atoms with Crippen LogP contribution in [0, 0.1) is 5.82 Å². The van der Waals surface area contributed by atoms with Crippen LogP contribution in [0.15, 0.2) is 29.2 Å². The highest BCUT2D eigenvalue weighted by atomic mass is 32.2. The van der Waals surface area contributed by atoms with Crippen LogP contribution in [0.4, 0.5) is 4.39 Å². The lowest BCUT2D eigenvalue weighted by molar-refractivity contribution is 0.595. The molecule has 0 saturated carbocycles. The lowest BCUT2D eigenvalue weighted by Crippen LogP contribution is -2.16. The van der Waals surface area contributed by atoms with E-state index in [1.165, 1.54) is 24.3 Å². The van der Waals surface area contributed by atoms with Crippen LogP contribution in [-0.2, 0) is 20.6 Å². The van der Waals surface area contributed by atoms with E-state index in [1.54, 1.807) is 6.92 Å². The maximum Gasteiger partial charge on any atom is 0.151 e. The largest absolute Gasteiger partial charge is 0.254 e. The lowest BCUT2D eigenvalue weighted by atomic mass is 10.4. The van der Waals surface area contributed by atoms with E-state index in [-0.39, 0.29) is 17.3 Å².